The highest BCUT2D eigenvalue weighted by Gasteiger charge is 2.19. The van der Waals surface area contributed by atoms with Crippen LogP contribution in [0.5, 0.6) is 0 Å². The van der Waals surface area contributed by atoms with Crippen LogP contribution in [0.15, 0.2) is 30.5 Å². The van der Waals surface area contributed by atoms with Crippen molar-refractivity contribution in [3.63, 3.8) is 0 Å². The van der Waals surface area contributed by atoms with E-state index in [-0.39, 0.29) is 18.2 Å². The van der Waals surface area contributed by atoms with Gasteiger partial charge in [0.1, 0.15) is 5.82 Å². The molecule has 86 valence electrons. The Hall–Kier alpha value is -1.19. The van der Waals surface area contributed by atoms with Gasteiger partial charge in [-0.1, -0.05) is 12.1 Å². The minimum Gasteiger partial charge on any atom is -0.321 e. The molecule has 0 saturated heterocycles. The third-order valence-corrected chi connectivity index (χ3v) is 2.36. The Kier molecular flexibility index (Phi) is 3.51. The molecule has 2 rings (SSSR count). The Bertz CT molecular complexity index is 506. The van der Waals surface area contributed by atoms with E-state index in [4.69, 9.17) is 5.73 Å². The van der Waals surface area contributed by atoms with Crippen molar-refractivity contribution in [1.29, 1.82) is 0 Å². The minimum absolute atomic E-state index is 0. The summed E-state index contributed by atoms with van der Waals surface area (Å²) >= 11 is 0. The van der Waals surface area contributed by atoms with Crippen LogP contribution in [0.4, 0.5) is 4.39 Å². The largest absolute Gasteiger partial charge is 0.321 e. The molecule has 1 aromatic heterocycles. The molecular weight excluding hydrogens is 227 g/mol. The van der Waals surface area contributed by atoms with E-state index in [1.54, 1.807) is 18.3 Å². The van der Waals surface area contributed by atoms with E-state index in [0.29, 0.717) is 5.39 Å². The van der Waals surface area contributed by atoms with Crippen LogP contribution < -0.4 is 5.73 Å². The molecular formula is C12H14ClFN2. The molecule has 1 heterocycles. The predicted octanol–water partition coefficient (Wildman–Crippen LogP) is 2.99. The van der Waals surface area contributed by atoms with E-state index >= 15 is 0 Å². The summed E-state index contributed by atoms with van der Waals surface area (Å²) in [6, 6.07) is 6.62. The number of pyridine rings is 1. The van der Waals surface area contributed by atoms with E-state index in [0.717, 1.165) is 11.1 Å². The average molecular weight is 241 g/mol. The van der Waals surface area contributed by atoms with E-state index in [1.807, 2.05) is 19.9 Å². The number of hydrogen-bond donors (Lipinski definition) is 1. The molecule has 0 aliphatic carbocycles. The Morgan fingerprint density at radius 3 is 2.50 bits per heavy atom. The molecule has 4 heteroatoms. The zero-order valence-electron chi connectivity index (χ0n) is 9.20. The second-order valence-electron chi connectivity index (χ2n) is 4.22. The maximum atomic E-state index is 13.5. The van der Waals surface area contributed by atoms with Crippen LogP contribution in [0.3, 0.4) is 0 Å². The molecule has 0 atom stereocenters. The van der Waals surface area contributed by atoms with Crippen LogP contribution in [0.1, 0.15) is 19.5 Å². The molecule has 1 aromatic carbocycles. The van der Waals surface area contributed by atoms with Crippen LogP contribution in [0.25, 0.3) is 10.8 Å². The molecule has 2 nitrogen and oxygen atoms in total. The summed E-state index contributed by atoms with van der Waals surface area (Å²) in [4.78, 5) is 4.23. The molecule has 0 fully saturated rings. The third kappa shape index (κ3) is 2.15. The molecule has 0 aliphatic rings. The van der Waals surface area contributed by atoms with E-state index < -0.39 is 5.54 Å². The molecule has 0 unspecified atom stereocenters. The standard InChI is InChI=1S/C12H13FN2.ClH/c1-12(2,14)11-9-4-3-5-10(13)8(9)6-7-15-11;/h3-7H,14H2,1-2H3;1H. The smallest absolute Gasteiger partial charge is 0.131 e. The summed E-state index contributed by atoms with van der Waals surface area (Å²) in [7, 11) is 0. The van der Waals surface area contributed by atoms with Gasteiger partial charge in [0.15, 0.2) is 0 Å². The van der Waals surface area contributed by atoms with Crippen LogP contribution >= 0.6 is 12.4 Å². The first-order valence-electron chi connectivity index (χ1n) is 4.83. The van der Waals surface area contributed by atoms with Gasteiger partial charge in [-0.05, 0) is 26.0 Å². The maximum Gasteiger partial charge on any atom is 0.131 e. The lowest BCUT2D eigenvalue weighted by Gasteiger charge is -2.19. The highest BCUT2D eigenvalue weighted by Crippen LogP contribution is 2.25. The normalized spacial score (nSPS) is 11.2. The number of aromatic nitrogens is 1. The van der Waals surface area contributed by atoms with Gasteiger partial charge in [0.2, 0.25) is 0 Å². The Morgan fingerprint density at radius 1 is 1.19 bits per heavy atom. The van der Waals surface area contributed by atoms with Crippen molar-refractivity contribution in [2.24, 2.45) is 5.73 Å². The Morgan fingerprint density at radius 2 is 1.88 bits per heavy atom. The van der Waals surface area contributed by atoms with Crippen LogP contribution in [-0.2, 0) is 5.54 Å². The lowest BCUT2D eigenvalue weighted by molar-refractivity contribution is 0.541. The van der Waals surface area contributed by atoms with Crippen molar-refractivity contribution < 1.29 is 4.39 Å². The van der Waals surface area contributed by atoms with Crippen molar-refractivity contribution in [3.8, 4) is 0 Å². The molecule has 0 aliphatic heterocycles. The van der Waals surface area contributed by atoms with Gasteiger partial charge >= 0.3 is 0 Å². The SMILES string of the molecule is CC(C)(N)c1nccc2c(F)cccc12.Cl. The predicted molar refractivity (Wildman–Crippen MR) is 66.2 cm³/mol. The van der Waals surface area contributed by atoms with Gasteiger partial charge < -0.3 is 5.73 Å². The lowest BCUT2D eigenvalue weighted by atomic mass is 9.96. The second-order valence-corrected chi connectivity index (χ2v) is 4.22. The zero-order chi connectivity index (χ0) is 11.1. The molecule has 0 bridgehead atoms. The quantitative estimate of drug-likeness (QED) is 0.832. The van der Waals surface area contributed by atoms with E-state index in [1.165, 1.54) is 6.07 Å². The summed E-state index contributed by atoms with van der Waals surface area (Å²) in [5.74, 6) is -0.236. The number of hydrogen-bond acceptors (Lipinski definition) is 2. The second kappa shape index (κ2) is 4.36. The van der Waals surface area contributed by atoms with Crippen molar-refractivity contribution in [2.45, 2.75) is 19.4 Å². The van der Waals surface area contributed by atoms with Gasteiger partial charge in [0, 0.05) is 17.0 Å². The summed E-state index contributed by atoms with van der Waals surface area (Å²) in [5.41, 5.74) is 6.15. The van der Waals surface area contributed by atoms with E-state index in [2.05, 4.69) is 4.98 Å². The fourth-order valence-electron chi connectivity index (χ4n) is 1.68. The number of nitrogens with zero attached hydrogens (tertiary/aromatic N) is 1. The number of rotatable bonds is 1. The maximum absolute atomic E-state index is 13.5. The van der Waals surface area contributed by atoms with Gasteiger partial charge in [0.25, 0.3) is 0 Å². The molecule has 0 radical (unpaired) electrons. The zero-order valence-corrected chi connectivity index (χ0v) is 10.0. The van der Waals surface area contributed by atoms with Crippen LogP contribution in [-0.4, -0.2) is 4.98 Å². The number of nitrogens with two attached hydrogens (primary N) is 1. The summed E-state index contributed by atoms with van der Waals surface area (Å²) in [6.07, 6.45) is 1.59. The van der Waals surface area contributed by atoms with Gasteiger partial charge in [-0.3, -0.25) is 4.98 Å². The first-order chi connectivity index (χ1) is 7.00. The number of halogens is 2. The summed E-state index contributed by atoms with van der Waals surface area (Å²) in [5, 5.41) is 1.35. The first kappa shape index (κ1) is 12.9. The monoisotopic (exact) mass is 240 g/mol. The molecule has 0 spiro atoms. The minimum atomic E-state index is -0.562. The molecule has 0 saturated carbocycles. The molecule has 2 aromatic rings. The van der Waals surface area contributed by atoms with Crippen molar-refractivity contribution in [1.82, 2.24) is 4.98 Å². The molecule has 2 N–H and O–H groups in total. The average Bonchev–Trinajstić information content (AvgIpc) is 2.16. The molecule has 16 heavy (non-hydrogen) atoms. The first-order valence-corrected chi connectivity index (χ1v) is 4.83. The summed E-state index contributed by atoms with van der Waals surface area (Å²) < 4.78 is 13.5. The van der Waals surface area contributed by atoms with Crippen LogP contribution in [0.2, 0.25) is 0 Å². The highest BCUT2D eigenvalue weighted by molar-refractivity contribution is 5.86. The number of benzene rings is 1. The molecule has 0 amide bonds. The third-order valence-electron chi connectivity index (χ3n) is 2.36. The van der Waals surface area contributed by atoms with Gasteiger partial charge in [-0.25, -0.2) is 4.39 Å². The fourth-order valence-corrected chi connectivity index (χ4v) is 1.68. The van der Waals surface area contributed by atoms with E-state index in [9.17, 15) is 4.39 Å². The Labute approximate surface area is 100 Å². The van der Waals surface area contributed by atoms with Crippen molar-refractivity contribution >= 4 is 23.2 Å². The van der Waals surface area contributed by atoms with Gasteiger partial charge in [0.05, 0.1) is 11.2 Å². The Balaban J connectivity index is 0.00000128. The topological polar surface area (TPSA) is 38.9 Å². The van der Waals surface area contributed by atoms with Crippen molar-refractivity contribution in [2.75, 3.05) is 0 Å². The number of fused-ring (bicyclic) bond motifs is 1. The van der Waals surface area contributed by atoms with Crippen molar-refractivity contribution in [3.05, 3.63) is 42.0 Å². The highest BCUT2D eigenvalue weighted by atomic mass is 35.5. The lowest BCUT2D eigenvalue weighted by Crippen LogP contribution is -2.30. The van der Waals surface area contributed by atoms with Gasteiger partial charge in [-0.15, -0.1) is 12.4 Å². The van der Waals surface area contributed by atoms with Crippen LogP contribution in [0, 0.1) is 5.82 Å². The summed E-state index contributed by atoms with van der Waals surface area (Å²) in [6.45, 7) is 3.72. The fraction of sp³-hybridized carbons (Fsp3) is 0.250. The van der Waals surface area contributed by atoms with Gasteiger partial charge in [-0.2, -0.15) is 0 Å².